The summed E-state index contributed by atoms with van der Waals surface area (Å²) >= 11 is 0. The van der Waals surface area contributed by atoms with E-state index in [2.05, 4.69) is 15.0 Å². The SMILES string of the molecule is COC(=O)C(O)(c1c[nH]c2ccc(NC(=O)NS(=O)(=O)c3ccc(C)cc3)cc12)C(F)(F)F. The topological polar surface area (TPSA) is 138 Å². The Bertz CT molecular complexity index is 1320. The van der Waals surface area contributed by atoms with Gasteiger partial charge < -0.3 is 20.1 Å². The van der Waals surface area contributed by atoms with E-state index in [1.807, 2.05) is 0 Å². The van der Waals surface area contributed by atoms with E-state index in [9.17, 15) is 36.3 Å². The smallest absolute Gasteiger partial charge is 0.432 e. The quantitative estimate of drug-likeness (QED) is 0.410. The minimum atomic E-state index is -5.42. The van der Waals surface area contributed by atoms with E-state index >= 15 is 0 Å². The number of carbonyl (C=O) groups is 2. The Hall–Kier alpha value is -3.58. The number of hydrogen-bond donors (Lipinski definition) is 4. The van der Waals surface area contributed by atoms with Gasteiger partial charge in [0.2, 0.25) is 0 Å². The maximum absolute atomic E-state index is 13.6. The first kappa shape index (κ1) is 24.1. The van der Waals surface area contributed by atoms with Crippen LogP contribution in [0, 0.1) is 6.92 Å². The Kier molecular flexibility index (Phi) is 6.13. The number of urea groups is 1. The number of amides is 2. The van der Waals surface area contributed by atoms with E-state index in [1.165, 1.54) is 36.4 Å². The fraction of sp³-hybridized carbons (Fsp3) is 0.200. The molecule has 1 unspecified atom stereocenters. The summed E-state index contributed by atoms with van der Waals surface area (Å²) in [5.41, 5.74) is -4.02. The molecule has 0 fully saturated rings. The van der Waals surface area contributed by atoms with Crippen LogP contribution in [0.4, 0.5) is 23.7 Å². The largest absolute Gasteiger partial charge is 0.466 e. The highest BCUT2D eigenvalue weighted by molar-refractivity contribution is 7.90. The molecule has 9 nitrogen and oxygen atoms in total. The van der Waals surface area contributed by atoms with Gasteiger partial charge in [-0.3, -0.25) is 0 Å². The van der Waals surface area contributed by atoms with Crippen molar-refractivity contribution in [1.82, 2.24) is 9.71 Å². The first-order valence-corrected chi connectivity index (χ1v) is 10.7. The van der Waals surface area contributed by atoms with E-state index in [4.69, 9.17) is 0 Å². The van der Waals surface area contributed by atoms with Gasteiger partial charge in [-0.15, -0.1) is 0 Å². The van der Waals surface area contributed by atoms with Gasteiger partial charge >= 0.3 is 18.2 Å². The first-order chi connectivity index (χ1) is 15.3. The number of benzene rings is 2. The van der Waals surface area contributed by atoms with E-state index < -0.39 is 39.4 Å². The molecular weight excluding hydrogens is 467 g/mol. The van der Waals surface area contributed by atoms with Crippen molar-refractivity contribution in [3.8, 4) is 0 Å². The Morgan fingerprint density at radius 3 is 2.30 bits per heavy atom. The number of carbonyl (C=O) groups excluding carboxylic acids is 2. The summed E-state index contributed by atoms with van der Waals surface area (Å²) < 4.78 is 71.4. The predicted molar refractivity (Wildman–Crippen MR) is 111 cm³/mol. The van der Waals surface area contributed by atoms with Crippen molar-refractivity contribution in [1.29, 1.82) is 0 Å². The number of sulfonamides is 1. The third kappa shape index (κ3) is 4.50. The number of esters is 1. The standard InChI is InChI=1S/C20H18F3N3O6S/c1-11-3-6-13(7-4-11)33(30,31)26-18(28)25-12-5-8-16-14(9-12)15(10-24-16)19(29,17(27)32-2)20(21,22)23/h3-10,24,29H,1-2H3,(H2,25,26,28). The molecule has 33 heavy (non-hydrogen) atoms. The van der Waals surface area contributed by atoms with Gasteiger partial charge in [-0.2, -0.15) is 13.2 Å². The lowest BCUT2D eigenvalue weighted by molar-refractivity contribution is -0.266. The van der Waals surface area contributed by atoms with Gasteiger partial charge in [-0.25, -0.2) is 22.7 Å². The molecule has 4 N–H and O–H groups in total. The van der Waals surface area contributed by atoms with Crippen LogP contribution in [0.15, 0.2) is 53.6 Å². The maximum Gasteiger partial charge on any atom is 0.432 e. The number of fused-ring (bicyclic) bond motifs is 1. The van der Waals surface area contributed by atoms with Crippen LogP contribution >= 0.6 is 0 Å². The third-order valence-electron chi connectivity index (χ3n) is 4.78. The number of anilines is 1. The second-order valence-electron chi connectivity index (χ2n) is 7.04. The Labute approximate surface area is 185 Å². The zero-order valence-electron chi connectivity index (χ0n) is 17.1. The molecule has 2 amide bonds. The molecule has 1 atom stereocenters. The maximum atomic E-state index is 13.6. The van der Waals surface area contributed by atoms with Crippen LogP contribution in [-0.2, 0) is 25.2 Å². The summed E-state index contributed by atoms with van der Waals surface area (Å²) in [6.45, 7) is 1.75. The molecule has 0 bridgehead atoms. The van der Waals surface area contributed by atoms with Crippen LogP contribution in [0.5, 0.6) is 0 Å². The molecule has 0 aliphatic rings. The lowest BCUT2D eigenvalue weighted by atomic mass is 9.92. The van der Waals surface area contributed by atoms with E-state index in [-0.39, 0.29) is 21.5 Å². The van der Waals surface area contributed by atoms with Crippen LogP contribution in [-0.4, -0.2) is 43.8 Å². The van der Waals surface area contributed by atoms with Gasteiger partial charge in [0.1, 0.15) is 0 Å². The van der Waals surface area contributed by atoms with Gasteiger partial charge in [0.05, 0.1) is 12.0 Å². The number of hydrogen-bond acceptors (Lipinski definition) is 6. The molecule has 1 heterocycles. The molecule has 0 saturated carbocycles. The van der Waals surface area contributed by atoms with Gasteiger partial charge in [-0.1, -0.05) is 17.7 Å². The van der Waals surface area contributed by atoms with Crippen LogP contribution in [0.25, 0.3) is 10.9 Å². The number of aromatic nitrogens is 1. The Morgan fingerprint density at radius 1 is 1.09 bits per heavy atom. The summed E-state index contributed by atoms with van der Waals surface area (Å²) in [5, 5.41) is 12.2. The first-order valence-electron chi connectivity index (χ1n) is 9.19. The number of H-pyrrole nitrogens is 1. The van der Waals surface area contributed by atoms with Crippen molar-refractivity contribution in [2.24, 2.45) is 0 Å². The van der Waals surface area contributed by atoms with Gasteiger partial charge in [0.15, 0.2) is 0 Å². The molecule has 176 valence electrons. The highest BCUT2D eigenvalue weighted by atomic mass is 32.2. The average molecular weight is 485 g/mol. The second kappa shape index (κ2) is 8.41. The summed E-state index contributed by atoms with van der Waals surface area (Å²) in [4.78, 5) is 26.4. The van der Waals surface area contributed by atoms with Crippen LogP contribution in [0.2, 0.25) is 0 Å². The lowest BCUT2D eigenvalue weighted by Gasteiger charge is -2.27. The minimum absolute atomic E-state index is 0.102. The molecular formula is C20H18F3N3O6S. The zero-order chi connectivity index (χ0) is 24.6. The fourth-order valence-corrected chi connectivity index (χ4v) is 3.99. The Morgan fingerprint density at radius 2 is 1.73 bits per heavy atom. The monoisotopic (exact) mass is 485 g/mol. The number of nitrogens with one attached hydrogen (secondary N) is 3. The van der Waals surface area contributed by atoms with Crippen LogP contribution in [0.3, 0.4) is 0 Å². The third-order valence-corrected chi connectivity index (χ3v) is 6.13. The van der Waals surface area contributed by atoms with Gasteiger partial charge in [-0.05, 0) is 37.3 Å². The van der Waals surface area contributed by atoms with Crippen molar-refractivity contribution >= 4 is 38.6 Å². The average Bonchev–Trinajstić information content (AvgIpc) is 3.15. The molecule has 2 aromatic carbocycles. The van der Waals surface area contributed by atoms with Gasteiger partial charge in [0.25, 0.3) is 15.6 Å². The number of halogens is 3. The van der Waals surface area contributed by atoms with Crippen molar-refractivity contribution in [2.45, 2.75) is 23.6 Å². The Balaban J connectivity index is 1.92. The van der Waals surface area contributed by atoms with Crippen molar-refractivity contribution in [3.05, 3.63) is 59.8 Å². The number of aromatic amines is 1. The van der Waals surface area contributed by atoms with Crippen molar-refractivity contribution in [3.63, 3.8) is 0 Å². The van der Waals surface area contributed by atoms with E-state index in [0.717, 1.165) is 17.8 Å². The van der Waals surface area contributed by atoms with Crippen molar-refractivity contribution < 1.29 is 41.0 Å². The van der Waals surface area contributed by atoms with E-state index in [0.29, 0.717) is 7.11 Å². The number of aryl methyl sites for hydroxylation is 1. The van der Waals surface area contributed by atoms with Crippen molar-refractivity contribution in [2.75, 3.05) is 12.4 Å². The predicted octanol–water partition coefficient (Wildman–Crippen LogP) is 2.91. The number of rotatable bonds is 5. The normalized spacial score (nSPS) is 13.9. The summed E-state index contributed by atoms with van der Waals surface area (Å²) in [5.74, 6) is -1.95. The van der Waals surface area contributed by atoms with E-state index in [1.54, 1.807) is 11.6 Å². The molecule has 3 rings (SSSR count). The molecule has 1 aromatic heterocycles. The minimum Gasteiger partial charge on any atom is -0.466 e. The number of alkyl halides is 3. The molecule has 0 aliphatic carbocycles. The molecule has 13 heteroatoms. The number of aliphatic hydroxyl groups is 1. The van der Waals surface area contributed by atoms with Gasteiger partial charge in [0, 0.05) is 28.4 Å². The highest BCUT2D eigenvalue weighted by Gasteiger charge is 2.63. The lowest BCUT2D eigenvalue weighted by Crippen LogP contribution is -2.49. The summed E-state index contributed by atoms with van der Waals surface area (Å²) in [6.07, 6.45) is -4.63. The molecule has 0 radical (unpaired) electrons. The number of methoxy groups -OCH3 is 1. The molecule has 0 spiro atoms. The molecule has 0 aliphatic heterocycles. The molecule has 0 saturated heterocycles. The highest BCUT2D eigenvalue weighted by Crippen LogP contribution is 2.43. The van der Waals surface area contributed by atoms with Crippen LogP contribution < -0.4 is 10.0 Å². The summed E-state index contributed by atoms with van der Waals surface area (Å²) in [6, 6.07) is 8.10. The fourth-order valence-electron chi connectivity index (χ4n) is 3.08. The molecule has 3 aromatic rings. The van der Waals surface area contributed by atoms with Crippen LogP contribution in [0.1, 0.15) is 11.1 Å². The summed E-state index contributed by atoms with van der Waals surface area (Å²) in [7, 11) is -3.52. The second-order valence-corrected chi connectivity index (χ2v) is 8.72. The number of ether oxygens (including phenoxy) is 1. The zero-order valence-corrected chi connectivity index (χ0v) is 18.0.